The minimum Gasteiger partial charge on any atom is -0.448 e. The predicted molar refractivity (Wildman–Crippen MR) is 84.5 cm³/mol. The van der Waals surface area contributed by atoms with Gasteiger partial charge in [-0.05, 0) is 24.6 Å². The molecule has 0 spiro atoms. The molecule has 1 unspecified atom stereocenters. The summed E-state index contributed by atoms with van der Waals surface area (Å²) in [5.41, 5.74) is -0.475. The lowest BCUT2D eigenvalue weighted by Gasteiger charge is -2.23. The third kappa shape index (κ3) is 3.10. The highest BCUT2D eigenvalue weighted by Gasteiger charge is 2.24. The van der Waals surface area contributed by atoms with Gasteiger partial charge in [-0.25, -0.2) is 4.39 Å². The molecule has 1 atom stereocenters. The molecule has 0 saturated heterocycles. The summed E-state index contributed by atoms with van der Waals surface area (Å²) in [6, 6.07) is 15.0. The number of fused-ring (bicyclic) bond motifs is 1. The first kappa shape index (κ1) is 15.2. The second kappa shape index (κ2) is 5.85. The summed E-state index contributed by atoms with van der Waals surface area (Å²) < 4.78 is 18.9. The van der Waals surface area contributed by atoms with Gasteiger partial charge in [-0.3, -0.25) is 4.79 Å². The van der Waals surface area contributed by atoms with E-state index in [1.165, 1.54) is 12.1 Å². The van der Waals surface area contributed by atoms with E-state index in [4.69, 9.17) is 4.42 Å². The Morgan fingerprint density at radius 3 is 2.65 bits per heavy atom. The van der Waals surface area contributed by atoms with Crippen molar-refractivity contribution in [3.8, 4) is 0 Å². The van der Waals surface area contributed by atoms with E-state index in [2.05, 4.69) is 5.32 Å². The molecule has 0 aliphatic carbocycles. The highest BCUT2D eigenvalue weighted by atomic mass is 19.1. The monoisotopic (exact) mass is 313 g/mol. The van der Waals surface area contributed by atoms with Gasteiger partial charge in [0.05, 0.1) is 6.54 Å². The van der Waals surface area contributed by atoms with Crippen molar-refractivity contribution in [3.63, 3.8) is 0 Å². The molecule has 2 N–H and O–H groups in total. The van der Waals surface area contributed by atoms with Crippen LogP contribution in [0.15, 0.2) is 59.0 Å². The second-order valence-corrected chi connectivity index (χ2v) is 5.59. The summed E-state index contributed by atoms with van der Waals surface area (Å²) >= 11 is 0. The molecule has 4 nitrogen and oxygen atoms in total. The number of aliphatic hydroxyl groups is 1. The largest absolute Gasteiger partial charge is 0.448 e. The van der Waals surface area contributed by atoms with Gasteiger partial charge < -0.3 is 14.8 Å². The number of carbonyl (C=O) groups is 1. The number of rotatable bonds is 4. The van der Waals surface area contributed by atoms with Crippen LogP contribution in [0, 0.1) is 5.82 Å². The summed E-state index contributed by atoms with van der Waals surface area (Å²) in [7, 11) is 0. The van der Waals surface area contributed by atoms with Crippen LogP contribution >= 0.6 is 0 Å². The average molecular weight is 313 g/mol. The number of hydrogen-bond acceptors (Lipinski definition) is 3. The quantitative estimate of drug-likeness (QED) is 0.777. The van der Waals surface area contributed by atoms with Crippen LogP contribution in [0.2, 0.25) is 0 Å². The fraction of sp³-hybridized carbons (Fsp3) is 0.167. The smallest absolute Gasteiger partial charge is 0.287 e. The van der Waals surface area contributed by atoms with Crippen LogP contribution in [0.1, 0.15) is 23.0 Å². The van der Waals surface area contributed by atoms with E-state index in [-0.39, 0.29) is 17.9 Å². The van der Waals surface area contributed by atoms with Gasteiger partial charge in [0.2, 0.25) is 0 Å². The van der Waals surface area contributed by atoms with Crippen molar-refractivity contribution in [1.29, 1.82) is 0 Å². The minimum absolute atomic E-state index is 0.00830. The van der Waals surface area contributed by atoms with E-state index >= 15 is 0 Å². The highest BCUT2D eigenvalue weighted by Crippen LogP contribution is 2.23. The summed E-state index contributed by atoms with van der Waals surface area (Å²) in [5, 5.41) is 13.6. The van der Waals surface area contributed by atoms with Crippen molar-refractivity contribution >= 4 is 16.9 Å². The third-order valence-electron chi connectivity index (χ3n) is 3.71. The Hall–Kier alpha value is -2.66. The molecule has 1 heterocycles. The van der Waals surface area contributed by atoms with Gasteiger partial charge >= 0.3 is 0 Å². The summed E-state index contributed by atoms with van der Waals surface area (Å²) in [5.74, 6) is -1.01. The van der Waals surface area contributed by atoms with E-state index in [0.717, 1.165) is 0 Å². The van der Waals surface area contributed by atoms with Crippen molar-refractivity contribution < 1.29 is 18.7 Å². The summed E-state index contributed by atoms with van der Waals surface area (Å²) in [6.07, 6.45) is 0. The van der Waals surface area contributed by atoms with Crippen molar-refractivity contribution in [2.45, 2.75) is 12.5 Å². The van der Waals surface area contributed by atoms with Crippen LogP contribution < -0.4 is 5.32 Å². The number of carbonyl (C=O) groups excluding carboxylic acids is 1. The normalized spacial score (nSPS) is 13.7. The maximum absolute atomic E-state index is 13.6. The van der Waals surface area contributed by atoms with Gasteiger partial charge in [0.1, 0.15) is 5.60 Å². The Morgan fingerprint density at radius 2 is 1.96 bits per heavy atom. The Morgan fingerprint density at radius 1 is 1.22 bits per heavy atom. The van der Waals surface area contributed by atoms with Crippen LogP contribution in [-0.4, -0.2) is 17.6 Å². The molecule has 0 saturated carbocycles. The van der Waals surface area contributed by atoms with E-state index in [1.807, 2.05) is 18.2 Å². The first-order valence-corrected chi connectivity index (χ1v) is 7.21. The molecule has 0 bridgehead atoms. The van der Waals surface area contributed by atoms with Crippen molar-refractivity contribution in [3.05, 3.63) is 71.7 Å². The number of amides is 1. The molecule has 0 aliphatic rings. The topological polar surface area (TPSA) is 62.5 Å². The first-order valence-electron chi connectivity index (χ1n) is 7.21. The lowest BCUT2D eigenvalue weighted by atomic mass is 9.96. The predicted octanol–water partition coefficient (Wildman–Crippen LogP) is 3.21. The highest BCUT2D eigenvalue weighted by molar-refractivity contribution is 5.96. The molecular weight excluding hydrogens is 297 g/mol. The van der Waals surface area contributed by atoms with Crippen LogP contribution in [0.3, 0.4) is 0 Å². The lowest BCUT2D eigenvalue weighted by molar-refractivity contribution is 0.0519. The van der Waals surface area contributed by atoms with Gasteiger partial charge in [0.25, 0.3) is 5.91 Å². The Bertz CT molecular complexity index is 840. The van der Waals surface area contributed by atoms with Gasteiger partial charge in [0, 0.05) is 5.39 Å². The first-order chi connectivity index (χ1) is 11.0. The van der Waals surface area contributed by atoms with Gasteiger partial charge in [-0.15, -0.1) is 0 Å². The molecular formula is C18H16FNO3. The van der Waals surface area contributed by atoms with Crippen molar-refractivity contribution in [1.82, 2.24) is 5.32 Å². The zero-order valence-corrected chi connectivity index (χ0v) is 12.5. The van der Waals surface area contributed by atoms with Crippen LogP contribution in [0.4, 0.5) is 4.39 Å². The molecule has 1 amide bonds. The van der Waals surface area contributed by atoms with Crippen LogP contribution in [-0.2, 0) is 5.60 Å². The fourth-order valence-electron chi connectivity index (χ4n) is 2.38. The average Bonchev–Trinajstić information content (AvgIpc) is 2.99. The van der Waals surface area contributed by atoms with Gasteiger partial charge in [-0.1, -0.05) is 42.5 Å². The zero-order chi connectivity index (χ0) is 16.4. The Labute approximate surface area is 132 Å². The zero-order valence-electron chi connectivity index (χ0n) is 12.5. The number of hydrogen-bond donors (Lipinski definition) is 2. The molecule has 118 valence electrons. The molecule has 0 aliphatic heterocycles. The minimum atomic E-state index is -1.21. The number of nitrogens with one attached hydrogen (secondary N) is 1. The van der Waals surface area contributed by atoms with Crippen molar-refractivity contribution in [2.24, 2.45) is 0 Å². The molecule has 5 heteroatoms. The lowest BCUT2D eigenvalue weighted by Crippen LogP contribution is -2.38. The summed E-state index contributed by atoms with van der Waals surface area (Å²) in [6.45, 7) is 1.62. The number of benzene rings is 2. The second-order valence-electron chi connectivity index (χ2n) is 5.59. The number of para-hydroxylation sites is 1. The van der Waals surface area contributed by atoms with Crippen LogP contribution in [0.25, 0.3) is 11.0 Å². The SMILES string of the molecule is CC(O)(CNC(=O)c1cc2cccc(F)c2o1)c1ccccc1. The van der Waals surface area contributed by atoms with E-state index in [9.17, 15) is 14.3 Å². The molecule has 0 radical (unpaired) electrons. The van der Waals surface area contributed by atoms with Crippen molar-refractivity contribution in [2.75, 3.05) is 6.54 Å². The molecule has 0 fully saturated rings. The molecule has 3 aromatic rings. The maximum Gasteiger partial charge on any atom is 0.287 e. The molecule has 3 rings (SSSR count). The fourth-order valence-corrected chi connectivity index (χ4v) is 2.38. The Balaban J connectivity index is 1.75. The van der Waals surface area contributed by atoms with E-state index < -0.39 is 17.3 Å². The van der Waals surface area contributed by atoms with E-state index in [1.54, 1.807) is 31.2 Å². The third-order valence-corrected chi connectivity index (χ3v) is 3.71. The Kier molecular flexibility index (Phi) is 3.88. The molecule has 1 aromatic heterocycles. The molecule has 2 aromatic carbocycles. The van der Waals surface area contributed by atoms with Gasteiger partial charge in [-0.2, -0.15) is 0 Å². The maximum atomic E-state index is 13.6. The van der Waals surface area contributed by atoms with E-state index in [0.29, 0.717) is 10.9 Å². The summed E-state index contributed by atoms with van der Waals surface area (Å²) in [4.78, 5) is 12.2. The number of halogens is 1. The van der Waals surface area contributed by atoms with Gasteiger partial charge in [0.15, 0.2) is 17.2 Å². The molecule has 23 heavy (non-hydrogen) atoms. The van der Waals surface area contributed by atoms with Crippen LogP contribution in [0.5, 0.6) is 0 Å². The number of furan rings is 1. The standard InChI is InChI=1S/C18H16FNO3/c1-18(22,13-7-3-2-4-8-13)11-20-17(21)15-10-12-6-5-9-14(19)16(12)23-15/h2-10,22H,11H2,1H3,(H,20,21).